The molecular weight excluding hydrogens is 198 g/mol. The van der Waals surface area contributed by atoms with E-state index in [4.69, 9.17) is 0 Å². The second-order valence-electron chi connectivity index (χ2n) is 5.07. The van der Waals surface area contributed by atoms with Gasteiger partial charge in [0.05, 0.1) is 0 Å². The molecule has 0 aliphatic heterocycles. The zero-order valence-corrected chi connectivity index (χ0v) is 9.60. The lowest BCUT2D eigenvalue weighted by molar-refractivity contribution is 0.332. The Labute approximate surface area is 96.6 Å². The van der Waals surface area contributed by atoms with Crippen LogP contribution in [0.5, 0.6) is 0 Å². The van der Waals surface area contributed by atoms with E-state index in [9.17, 15) is 0 Å². The van der Waals surface area contributed by atoms with Gasteiger partial charge in [0.25, 0.3) is 0 Å². The van der Waals surface area contributed by atoms with E-state index in [1.54, 1.807) is 0 Å². The maximum atomic E-state index is 4.39. The van der Waals surface area contributed by atoms with Gasteiger partial charge in [0.1, 0.15) is 0 Å². The monoisotopic (exact) mass is 217 g/mol. The molecule has 16 heavy (non-hydrogen) atoms. The highest BCUT2D eigenvalue weighted by atomic mass is 15.2. The van der Waals surface area contributed by atoms with E-state index >= 15 is 0 Å². The summed E-state index contributed by atoms with van der Waals surface area (Å²) in [6.07, 6.45) is 11.5. The fourth-order valence-electron chi connectivity index (χ4n) is 3.43. The molecule has 1 aromatic heterocycles. The van der Waals surface area contributed by atoms with Gasteiger partial charge in [0, 0.05) is 25.0 Å². The highest BCUT2D eigenvalue weighted by molar-refractivity contribution is 5.28. The third-order valence-corrected chi connectivity index (χ3v) is 4.13. The molecule has 0 radical (unpaired) electrons. The van der Waals surface area contributed by atoms with Gasteiger partial charge in [-0.1, -0.05) is 12.5 Å². The van der Waals surface area contributed by atoms with Crippen LogP contribution in [0.3, 0.4) is 0 Å². The second kappa shape index (κ2) is 3.96. The summed E-state index contributed by atoms with van der Waals surface area (Å²) >= 11 is 0. The molecule has 2 fully saturated rings. The van der Waals surface area contributed by atoms with Crippen molar-refractivity contribution in [1.82, 2.24) is 9.55 Å². The van der Waals surface area contributed by atoms with Crippen LogP contribution in [0.4, 0.5) is 5.95 Å². The maximum Gasteiger partial charge on any atom is 0.203 e. The maximum absolute atomic E-state index is 4.39. The topological polar surface area (TPSA) is 29.9 Å². The van der Waals surface area contributed by atoms with Crippen molar-refractivity contribution in [1.29, 1.82) is 0 Å². The first-order chi connectivity index (χ1) is 7.88. The number of nitrogens with one attached hydrogen (secondary N) is 1. The van der Waals surface area contributed by atoms with Crippen LogP contribution >= 0.6 is 0 Å². The minimum Gasteiger partial charge on any atom is -0.352 e. The number of aromatic nitrogens is 2. The molecule has 86 valence electrons. The average molecular weight is 217 g/mol. The summed E-state index contributed by atoms with van der Waals surface area (Å²) in [6, 6.07) is 0.688. The average Bonchev–Trinajstić information content (AvgIpc) is 3.01. The summed E-state index contributed by atoms with van der Waals surface area (Å²) in [7, 11) is 0. The van der Waals surface area contributed by atoms with E-state index in [2.05, 4.69) is 27.6 Å². The van der Waals surface area contributed by atoms with E-state index < -0.39 is 0 Å². The van der Waals surface area contributed by atoms with Gasteiger partial charge in [0.15, 0.2) is 0 Å². The molecule has 0 spiro atoms. The van der Waals surface area contributed by atoms with E-state index in [1.165, 1.54) is 25.7 Å². The molecule has 2 saturated carbocycles. The summed E-state index contributed by atoms with van der Waals surface area (Å²) < 4.78 is 2.34. The molecule has 3 heteroatoms. The summed E-state index contributed by atoms with van der Waals surface area (Å²) in [5.41, 5.74) is 0. The zero-order valence-electron chi connectivity index (χ0n) is 9.60. The van der Waals surface area contributed by atoms with Crippen LogP contribution in [0, 0.1) is 11.8 Å². The molecule has 3 nitrogen and oxygen atoms in total. The lowest BCUT2D eigenvalue weighted by Crippen LogP contribution is -2.18. The Kier molecular flexibility index (Phi) is 2.46. The van der Waals surface area contributed by atoms with Gasteiger partial charge in [-0.3, -0.25) is 0 Å². The number of rotatable bonds is 4. The van der Waals surface area contributed by atoms with Gasteiger partial charge in [0.2, 0.25) is 5.95 Å². The van der Waals surface area contributed by atoms with Crippen LogP contribution in [0.2, 0.25) is 0 Å². The number of anilines is 1. The largest absolute Gasteiger partial charge is 0.352 e. The first kappa shape index (κ1) is 9.94. The van der Waals surface area contributed by atoms with Crippen LogP contribution in [-0.2, 0) is 0 Å². The molecule has 1 aromatic rings. The summed E-state index contributed by atoms with van der Waals surface area (Å²) in [6.45, 7) is 4.52. The lowest BCUT2D eigenvalue weighted by Gasteiger charge is -2.24. The fourth-order valence-corrected chi connectivity index (χ4v) is 3.43. The number of nitrogens with zero attached hydrogens (tertiary/aromatic N) is 2. The summed E-state index contributed by atoms with van der Waals surface area (Å²) in [5.74, 6) is 2.88. The van der Waals surface area contributed by atoms with E-state index in [1.807, 2.05) is 12.3 Å². The molecule has 0 aromatic carbocycles. The van der Waals surface area contributed by atoms with E-state index in [0.29, 0.717) is 6.04 Å². The van der Waals surface area contributed by atoms with Crippen molar-refractivity contribution in [3.63, 3.8) is 0 Å². The molecule has 1 heterocycles. The minimum atomic E-state index is 0.688. The molecule has 3 rings (SSSR count). The third-order valence-electron chi connectivity index (χ3n) is 4.13. The predicted molar refractivity (Wildman–Crippen MR) is 65.4 cm³/mol. The summed E-state index contributed by atoms with van der Waals surface area (Å²) in [5, 5.41) is 3.31. The van der Waals surface area contributed by atoms with Crippen LogP contribution in [0.1, 0.15) is 31.7 Å². The number of fused-ring (bicyclic) bond motifs is 2. The third kappa shape index (κ3) is 1.55. The fraction of sp³-hybridized carbons (Fsp3) is 0.615. The van der Waals surface area contributed by atoms with E-state index in [0.717, 1.165) is 24.3 Å². The Balaban J connectivity index is 1.78. The highest BCUT2D eigenvalue weighted by Crippen LogP contribution is 2.51. The molecule has 2 aliphatic rings. The van der Waals surface area contributed by atoms with Crippen LogP contribution < -0.4 is 5.32 Å². The highest BCUT2D eigenvalue weighted by Gasteiger charge is 2.40. The van der Waals surface area contributed by atoms with Gasteiger partial charge in [-0.25, -0.2) is 4.98 Å². The quantitative estimate of drug-likeness (QED) is 0.786. The van der Waals surface area contributed by atoms with Crippen LogP contribution in [-0.4, -0.2) is 16.1 Å². The van der Waals surface area contributed by atoms with Crippen molar-refractivity contribution in [3.8, 4) is 0 Å². The Hall–Kier alpha value is -1.25. The van der Waals surface area contributed by atoms with Crippen molar-refractivity contribution < 1.29 is 0 Å². The molecule has 3 atom stereocenters. The minimum absolute atomic E-state index is 0.688. The van der Waals surface area contributed by atoms with Gasteiger partial charge in [-0.15, -0.1) is 6.58 Å². The molecule has 0 amide bonds. The second-order valence-corrected chi connectivity index (χ2v) is 5.07. The van der Waals surface area contributed by atoms with Crippen molar-refractivity contribution in [2.24, 2.45) is 11.8 Å². The first-order valence-electron chi connectivity index (χ1n) is 6.26. The molecule has 2 aliphatic carbocycles. The van der Waals surface area contributed by atoms with Crippen molar-refractivity contribution in [2.45, 2.75) is 31.7 Å². The molecule has 3 unspecified atom stereocenters. The first-order valence-corrected chi connectivity index (χ1v) is 6.26. The lowest BCUT2D eigenvalue weighted by atomic mass is 9.95. The SMILES string of the molecule is C=CCNc1nccn1C1CC2CCC1C2. The van der Waals surface area contributed by atoms with Crippen molar-refractivity contribution in [3.05, 3.63) is 25.0 Å². The summed E-state index contributed by atoms with van der Waals surface area (Å²) in [4.78, 5) is 4.39. The normalized spacial score (nSPS) is 31.9. The van der Waals surface area contributed by atoms with Crippen molar-refractivity contribution >= 4 is 5.95 Å². The molecule has 0 saturated heterocycles. The molecule has 2 bridgehead atoms. The molecule has 1 N–H and O–H groups in total. The number of hydrogen-bond acceptors (Lipinski definition) is 2. The Morgan fingerprint density at radius 1 is 1.50 bits per heavy atom. The zero-order chi connectivity index (χ0) is 11.0. The van der Waals surface area contributed by atoms with Gasteiger partial charge < -0.3 is 9.88 Å². The van der Waals surface area contributed by atoms with Crippen LogP contribution in [0.25, 0.3) is 0 Å². The Morgan fingerprint density at radius 3 is 3.12 bits per heavy atom. The smallest absolute Gasteiger partial charge is 0.203 e. The van der Waals surface area contributed by atoms with Crippen molar-refractivity contribution in [2.75, 3.05) is 11.9 Å². The van der Waals surface area contributed by atoms with Crippen LogP contribution in [0.15, 0.2) is 25.0 Å². The molecular formula is C13H19N3. The van der Waals surface area contributed by atoms with Gasteiger partial charge in [-0.2, -0.15) is 0 Å². The number of imidazole rings is 1. The predicted octanol–water partition coefficient (Wildman–Crippen LogP) is 2.84. The van der Waals surface area contributed by atoms with Gasteiger partial charge >= 0.3 is 0 Å². The van der Waals surface area contributed by atoms with Gasteiger partial charge in [-0.05, 0) is 31.1 Å². The number of hydrogen-bond donors (Lipinski definition) is 1. The van der Waals surface area contributed by atoms with E-state index in [-0.39, 0.29) is 0 Å². The standard InChI is InChI=1S/C13H19N3/c1-2-5-14-13-15-6-7-16(13)12-9-10-3-4-11(12)8-10/h2,6-7,10-12H,1,3-5,8-9H2,(H,14,15). The Bertz CT molecular complexity index is 382. The Morgan fingerprint density at radius 2 is 2.44 bits per heavy atom.